The van der Waals surface area contributed by atoms with Crippen LogP contribution in [0, 0.1) is 0 Å². The fourth-order valence-corrected chi connectivity index (χ4v) is 1.23. The van der Waals surface area contributed by atoms with Crippen molar-refractivity contribution in [1.29, 1.82) is 0 Å². The maximum Gasteiger partial charge on any atom is 0.246 e. The van der Waals surface area contributed by atoms with Gasteiger partial charge in [-0.3, -0.25) is 4.79 Å². The molecule has 6 heteroatoms. The zero-order valence-electron chi connectivity index (χ0n) is 12.6. The molecule has 0 aliphatic heterocycles. The monoisotopic (exact) mass is 294 g/mol. The van der Waals surface area contributed by atoms with Crippen molar-refractivity contribution >= 4 is 17.5 Å². The third kappa shape index (κ3) is 17.4. The molecule has 1 unspecified atom stereocenters. The number of nitrogens with two attached hydrogens (primary N) is 1. The molecule has 0 aliphatic rings. The summed E-state index contributed by atoms with van der Waals surface area (Å²) in [7, 11) is 6.07. The molecule has 4 N–H and O–H groups in total. The Kier molecular flexibility index (Phi) is 12.2. The SMILES string of the molecule is C=C(C)C(=O)NCCCN.C[N+](C)(C)CC(O)CCl. The molecule has 0 saturated heterocycles. The van der Waals surface area contributed by atoms with Gasteiger partial charge in [0.1, 0.15) is 12.6 Å². The van der Waals surface area contributed by atoms with Gasteiger partial charge in [-0.25, -0.2) is 0 Å². The molecule has 1 amide bonds. The quantitative estimate of drug-likeness (QED) is 0.274. The Bertz CT molecular complexity index is 265. The highest BCUT2D eigenvalue weighted by molar-refractivity contribution is 6.18. The van der Waals surface area contributed by atoms with Crippen molar-refractivity contribution in [2.75, 3.05) is 46.7 Å². The summed E-state index contributed by atoms with van der Waals surface area (Å²) in [5.41, 5.74) is 5.76. The van der Waals surface area contributed by atoms with Crippen LogP contribution in [0.1, 0.15) is 13.3 Å². The second-order valence-corrected chi connectivity index (χ2v) is 5.77. The number of carbonyl (C=O) groups excluding carboxylic acids is 1. The van der Waals surface area contributed by atoms with E-state index in [0.717, 1.165) is 10.9 Å². The van der Waals surface area contributed by atoms with Gasteiger partial charge in [-0.15, -0.1) is 11.6 Å². The number of amides is 1. The minimum absolute atomic E-state index is 0.0894. The number of nitrogens with one attached hydrogen (secondary N) is 1. The summed E-state index contributed by atoms with van der Waals surface area (Å²) in [4.78, 5) is 10.8. The van der Waals surface area contributed by atoms with Gasteiger partial charge >= 0.3 is 0 Å². The minimum atomic E-state index is -0.369. The molecule has 0 radical (unpaired) electrons. The van der Waals surface area contributed by atoms with E-state index < -0.39 is 0 Å². The molecule has 0 aromatic rings. The van der Waals surface area contributed by atoms with Gasteiger partial charge in [0.15, 0.2) is 0 Å². The van der Waals surface area contributed by atoms with E-state index in [1.807, 2.05) is 21.1 Å². The van der Waals surface area contributed by atoms with Crippen LogP contribution in [0.4, 0.5) is 0 Å². The highest BCUT2D eigenvalue weighted by Crippen LogP contribution is 1.95. The van der Waals surface area contributed by atoms with Gasteiger partial charge in [-0.2, -0.15) is 0 Å². The summed E-state index contributed by atoms with van der Waals surface area (Å²) in [6.07, 6.45) is 0.450. The Balaban J connectivity index is 0. The molecule has 0 heterocycles. The summed E-state index contributed by atoms with van der Waals surface area (Å²) >= 11 is 5.40. The Morgan fingerprint density at radius 1 is 1.47 bits per heavy atom. The number of hydrogen-bond donors (Lipinski definition) is 3. The number of likely N-dealkylation sites (N-methyl/N-ethyl adjacent to an activating group) is 1. The van der Waals surface area contributed by atoms with Gasteiger partial charge in [-0.05, 0) is 19.9 Å². The fraction of sp³-hybridized carbons (Fsp3) is 0.769. The van der Waals surface area contributed by atoms with Crippen molar-refractivity contribution < 1.29 is 14.4 Å². The van der Waals surface area contributed by atoms with Crippen LogP contribution < -0.4 is 11.1 Å². The van der Waals surface area contributed by atoms with Crippen molar-refractivity contribution in [2.24, 2.45) is 5.73 Å². The number of carbonyl (C=O) groups is 1. The summed E-state index contributed by atoms with van der Waals surface area (Å²) in [5, 5.41) is 11.7. The van der Waals surface area contributed by atoms with Crippen LogP contribution in [-0.2, 0) is 4.79 Å². The largest absolute Gasteiger partial charge is 0.386 e. The second-order valence-electron chi connectivity index (χ2n) is 5.46. The van der Waals surface area contributed by atoms with E-state index in [2.05, 4.69) is 11.9 Å². The molecule has 0 bridgehead atoms. The van der Waals surface area contributed by atoms with E-state index in [0.29, 0.717) is 31.1 Å². The van der Waals surface area contributed by atoms with Crippen LogP contribution >= 0.6 is 11.6 Å². The summed E-state index contributed by atoms with van der Waals surface area (Å²) in [6.45, 7) is 7.13. The first-order valence-corrected chi connectivity index (χ1v) is 6.85. The molecule has 114 valence electrons. The predicted octanol–water partition coefficient (Wildman–Crippen LogP) is 0.320. The molecule has 19 heavy (non-hydrogen) atoms. The molecule has 0 saturated carbocycles. The number of aliphatic hydroxyl groups is 1. The fourth-order valence-electron chi connectivity index (χ4n) is 1.14. The van der Waals surface area contributed by atoms with E-state index in [-0.39, 0.29) is 12.0 Å². The number of aliphatic hydroxyl groups excluding tert-OH is 1. The maximum atomic E-state index is 10.8. The third-order valence-corrected chi connectivity index (χ3v) is 2.35. The summed E-state index contributed by atoms with van der Waals surface area (Å²) in [6, 6.07) is 0. The molecule has 1 atom stereocenters. The van der Waals surface area contributed by atoms with Crippen LogP contribution in [0.3, 0.4) is 0 Å². The van der Waals surface area contributed by atoms with E-state index in [9.17, 15) is 4.79 Å². The van der Waals surface area contributed by atoms with Crippen LogP contribution in [0.5, 0.6) is 0 Å². The molecule has 0 aromatic heterocycles. The lowest BCUT2D eigenvalue weighted by Crippen LogP contribution is -2.41. The molecule has 0 fully saturated rings. The number of hydrogen-bond acceptors (Lipinski definition) is 3. The van der Waals surface area contributed by atoms with Crippen LogP contribution in [0.2, 0.25) is 0 Å². The molecular formula is C13H29ClN3O2+. The first kappa shape index (κ1) is 20.7. The molecule has 5 nitrogen and oxygen atoms in total. The standard InChI is InChI=1S/C7H14N2O.C6H15ClNO/c1-6(2)7(10)9-5-3-4-8;1-8(2,3)5-6(9)4-7/h1,3-5,8H2,2H3,(H,9,10);6,9H,4-5H2,1-3H3/q;+1. The number of halogens is 1. The van der Waals surface area contributed by atoms with Gasteiger partial charge in [0.2, 0.25) is 5.91 Å². The van der Waals surface area contributed by atoms with Crippen LogP contribution in [0.15, 0.2) is 12.2 Å². The number of quaternary nitrogens is 1. The lowest BCUT2D eigenvalue weighted by Gasteiger charge is -2.25. The van der Waals surface area contributed by atoms with Crippen molar-refractivity contribution in [3.8, 4) is 0 Å². The van der Waals surface area contributed by atoms with Crippen molar-refractivity contribution in [1.82, 2.24) is 5.32 Å². The average molecular weight is 295 g/mol. The third-order valence-electron chi connectivity index (χ3n) is 1.99. The topological polar surface area (TPSA) is 75.4 Å². The smallest absolute Gasteiger partial charge is 0.246 e. The zero-order chi connectivity index (χ0) is 15.5. The zero-order valence-corrected chi connectivity index (χ0v) is 13.3. The predicted molar refractivity (Wildman–Crippen MR) is 81.1 cm³/mol. The number of alkyl halides is 1. The first-order valence-electron chi connectivity index (χ1n) is 6.32. The Morgan fingerprint density at radius 3 is 2.26 bits per heavy atom. The molecule has 0 rings (SSSR count). The highest BCUT2D eigenvalue weighted by atomic mass is 35.5. The Morgan fingerprint density at radius 2 is 2.00 bits per heavy atom. The summed E-state index contributed by atoms with van der Waals surface area (Å²) < 4.78 is 0.758. The lowest BCUT2D eigenvalue weighted by molar-refractivity contribution is -0.873. The Labute approximate surface area is 122 Å². The van der Waals surface area contributed by atoms with Crippen molar-refractivity contribution in [3.05, 3.63) is 12.2 Å². The van der Waals surface area contributed by atoms with Gasteiger partial charge in [0, 0.05) is 12.1 Å². The van der Waals surface area contributed by atoms with E-state index >= 15 is 0 Å². The van der Waals surface area contributed by atoms with Crippen molar-refractivity contribution in [2.45, 2.75) is 19.4 Å². The first-order chi connectivity index (χ1) is 8.64. The second kappa shape index (κ2) is 11.2. The number of nitrogens with zero attached hydrogens (tertiary/aromatic N) is 1. The summed E-state index contributed by atoms with van der Waals surface area (Å²) in [5.74, 6) is 0.239. The lowest BCUT2D eigenvalue weighted by atomic mass is 10.3. The van der Waals surface area contributed by atoms with E-state index in [4.69, 9.17) is 22.4 Å². The molecule has 0 aliphatic carbocycles. The van der Waals surface area contributed by atoms with Gasteiger partial charge in [0.05, 0.1) is 27.0 Å². The average Bonchev–Trinajstić information content (AvgIpc) is 2.27. The van der Waals surface area contributed by atoms with E-state index in [1.165, 1.54) is 0 Å². The van der Waals surface area contributed by atoms with Crippen LogP contribution in [-0.4, -0.2) is 68.3 Å². The van der Waals surface area contributed by atoms with Gasteiger partial charge in [-0.1, -0.05) is 6.58 Å². The van der Waals surface area contributed by atoms with Gasteiger partial charge < -0.3 is 20.6 Å². The molecule has 0 spiro atoms. The maximum absolute atomic E-state index is 10.8. The van der Waals surface area contributed by atoms with E-state index in [1.54, 1.807) is 6.92 Å². The number of rotatable bonds is 7. The molecule has 0 aromatic carbocycles. The van der Waals surface area contributed by atoms with Crippen molar-refractivity contribution in [3.63, 3.8) is 0 Å². The highest BCUT2D eigenvalue weighted by Gasteiger charge is 2.13. The Hall–Kier alpha value is -0.620. The normalized spacial score (nSPS) is 12.2. The van der Waals surface area contributed by atoms with Crippen LogP contribution in [0.25, 0.3) is 0 Å². The molecular weight excluding hydrogens is 266 g/mol. The minimum Gasteiger partial charge on any atom is -0.386 e. The van der Waals surface area contributed by atoms with Gasteiger partial charge in [0.25, 0.3) is 0 Å².